The maximum Gasteiger partial charge on any atom is 0.251 e. The standard InChI is InChI=1S/C32H30FN5O5/c1-31(30(34)40)17-42-27-23(31)15-25(38-26(27)18-4-7-20(33)8-5-18)32(2,41)16-37-29(39)19-6-11-22(28-35-12-3-13-36-28)24(14-19)43-21-9-10-21/h3-8,11-15,21,41H,9-10,16-17H2,1-2H3,(H2,34,40)(H,37,39)/t31-,32-/m0/s1. The molecule has 2 aromatic heterocycles. The Labute approximate surface area is 247 Å². The molecule has 0 unspecified atom stereocenters. The molecule has 43 heavy (non-hydrogen) atoms. The number of carbonyl (C=O) groups excluding carboxylic acids is 2. The number of rotatable bonds is 9. The van der Waals surface area contributed by atoms with Gasteiger partial charge < -0.3 is 25.6 Å². The van der Waals surface area contributed by atoms with Crippen LogP contribution in [0, 0.1) is 5.82 Å². The zero-order chi connectivity index (χ0) is 30.4. The molecule has 0 saturated heterocycles. The van der Waals surface area contributed by atoms with E-state index in [9.17, 15) is 19.1 Å². The highest BCUT2D eigenvalue weighted by Gasteiger charge is 2.45. The molecule has 1 fully saturated rings. The molecule has 2 amide bonds. The van der Waals surface area contributed by atoms with Crippen LogP contribution in [0.25, 0.3) is 22.6 Å². The van der Waals surface area contributed by atoms with Crippen LogP contribution in [0.2, 0.25) is 0 Å². The van der Waals surface area contributed by atoms with Crippen molar-refractivity contribution in [2.75, 3.05) is 13.2 Å². The summed E-state index contributed by atoms with van der Waals surface area (Å²) in [6.45, 7) is 2.94. The molecule has 4 aromatic rings. The fourth-order valence-electron chi connectivity index (χ4n) is 4.86. The second-order valence-corrected chi connectivity index (χ2v) is 11.3. The molecule has 2 atom stereocenters. The number of halogens is 1. The predicted octanol–water partition coefficient (Wildman–Crippen LogP) is 3.66. The number of nitrogens with one attached hydrogen (secondary N) is 1. The van der Waals surface area contributed by atoms with Crippen LogP contribution < -0.4 is 20.5 Å². The van der Waals surface area contributed by atoms with Gasteiger partial charge in [0.2, 0.25) is 5.91 Å². The molecule has 11 heteroatoms. The van der Waals surface area contributed by atoms with Gasteiger partial charge in [-0.3, -0.25) is 9.59 Å². The Morgan fingerprint density at radius 3 is 2.56 bits per heavy atom. The number of hydrogen-bond donors (Lipinski definition) is 3. The van der Waals surface area contributed by atoms with Crippen LogP contribution >= 0.6 is 0 Å². The summed E-state index contributed by atoms with van der Waals surface area (Å²) in [5.74, 6) is -0.143. The van der Waals surface area contributed by atoms with Gasteiger partial charge in [0.25, 0.3) is 5.91 Å². The van der Waals surface area contributed by atoms with Gasteiger partial charge in [0, 0.05) is 29.1 Å². The Kier molecular flexibility index (Phi) is 7.05. The van der Waals surface area contributed by atoms with Gasteiger partial charge in [-0.25, -0.2) is 19.3 Å². The molecule has 1 saturated carbocycles. The quantitative estimate of drug-likeness (QED) is 0.270. The molecule has 1 aliphatic heterocycles. The first-order chi connectivity index (χ1) is 20.5. The van der Waals surface area contributed by atoms with Crippen molar-refractivity contribution in [3.05, 3.63) is 89.6 Å². The zero-order valence-corrected chi connectivity index (χ0v) is 23.6. The molecule has 220 valence electrons. The Bertz CT molecular complexity index is 1710. The lowest BCUT2D eigenvalue weighted by Gasteiger charge is -2.26. The SMILES string of the molecule is C[C@](O)(CNC(=O)c1ccc(-c2ncccn2)c(OC2CC2)c1)c1cc2c(c(-c3ccc(F)cc3)n1)OC[C@]2(C)C(N)=O. The highest BCUT2D eigenvalue weighted by molar-refractivity contribution is 5.95. The number of aliphatic hydroxyl groups is 1. The summed E-state index contributed by atoms with van der Waals surface area (Å²) in [5, 5.41) is 14.4. The summed E-state index contributed by atoms with van der Waals surface area (Å²) < 4.78 is 25.6. The summed E-state index contributed by atoms with van der Waals surface area (Å²) in [5.41, 5.74) is 5.38. The van der Waals surface area contributed by atoms with E-state index in [0.29, 0.717) is 45.3 Å². The van der Waals surface area contributed by atoms with E-state index >= 15 is 0 Å². The number of nitrogens with zero attached hydrogens (tertiary/aromatic N) is 3. The summed E-state index contributed by atoms with van der Waals surface area (Å²) in [7, 11) is 0. The van der Waals surface area contributed by atoms with Crippen molar-refractivity contribution in [3.63, 3.8) is 0 Å². The van der Waals surface area contributed by atoms with Crippen LogP contribution in [0.4, 0.5) is 4.39 Å². The molecule has 0 spiro atoms. The molecule has 2 aliphatic rings. The van der Waals surface area contributed by atoms with Crippen LogP contribution in [-0.4, -0.2) is 51.1 Å². The van der Waals surface area contributed by atoms with E-state index in [1.807, 2.05) is 0 Å². The maximum atomic E-state index is 13.7. The molecule has 1 aliphatic carbocycles. The molecular formula is C32H30FN5O5. The average Bonchev–Trinajstić information content (AvgIpc) is 3.76. The van der Waals surface area contributed by atoms with Gasteiger partial charge in [0.15, 0.2) is 5.82 Å². The third-order valence-corrected chi connectivity index (χ3v) is 7.75. The molecule has 10 nitrogen and oxygen atoms in total. The van der Waals surface area contributed by atoms with Crippen LogP contribution in [0.15, 0.2) is 67.0 Å². The van der Waals surface area contributed by atoms with Crippen molar-refractivity contribution in [1.82, 2.24) is 20.3 Å². The van der Waals surface area contributed by atoms with E-state index < -0.39 is 28.6 Å². The first kappa shape index (κ1) is 28.2. The molecule has 3 heterocycles. The van der Waals surface area contributed by atoms with Crippen LogP contribution in [-0.2, 0) is 15.8 Å². The lowest BCUT2D eigenvalue weighted by atomic mass is 9.82. The number of benzene rings is 2. The smallest absolute Gasteiger partial charge is 0.251 e. The Hall–Kier alpha value is -4.90. The molecule has 4 N–H and O–H groups in total. The van der Waals surface area contributed by atoms with Crippen molar-refractivity contribution in [2.24, 2.45) is 5.73 Å². The third kappa shape index (κ3) is 5.51. The van der Waals surface area contributed by atoms with Gasteiger partial charge in [0.05, 0.1) is 23.9 Å². The summed E-state index contributed by atoms with van der Waals surface area (Å²) in [6.07, 6.45) is 5.22. The van der Waals surface area contributed by atoms with E-state index in [4.69, 9.17) is 15.2 Å². The van der Waals surface area contributed by atoms with E-state index in [1.54, 1.807) is 49.6 Å². The van der Waals surface area contributed by atoms with E-state index in [0.717, 1.165) is 12.8 Å². The van der Waals surface area contributed by atoms with Gasteiger partial charge in [-0.1, -0.05) is 0 Å². The molecule has 0 radical (unpaired) electrons. The number of hydrogen-bond acceptors (Lipinski definition) is 8. The number of fused-ring (bicyclic) bond motifs is 1. The third-order valence-electron chi connectivity index (χ3n) is 7.75. The zero-order valence-electron chi connectivity index (χ0n) is 23.6. The minimum atomic E-state index is -1.67. The largest absolute Gasteiger partial charge is 0.490 e. The van der Waals surface area contributed by atoms with Gasteiger partial charge in [-0.2, -0.15) is 0 Å². The highest BCUT2D eigenvalue weighted by atomic mass is 19.1. The van der Waals surface area contributed by atoms with Crippen LogP contribution in [0.5, 0.6) is 11.5 Å². The van der Waals surface area contributed by atoms with Gasteiger partial charge in [-0.15, -0.1) is 0 Å². The molecular weight excluding hydrogens is 553 g/mol. The summed E-state index contributed by atoms with van der Waals surface area (Å²) in [4.78, 5) is 39.0. The lowest BCUT2D eigenvalue weighted by molar-refractivity contribution is -0.123. The fraction of sp³-hybridized carbons (Fsp3) is 0.281. The first-order valence-electron chi connectivity index (χ1n) is 13.9. The second kappa shape index (κ2) is 10.7. The number of ether oxygens (including phenoxy) is 2. The average molecular weight is 584 g/mol. The normalized spacial score (nSPS) is 18.7. The van der Waals surface area contributed by atoms with Crippen LogP contribution in [0.3, 0.4) is 0 Å². The van der Waals surface area contributed by atoms with Crippen molar-refractivity contribution < 1.29 is 28.6 Å². The fourth-order valence-corrected chi connectivity index (χ4v) is 4.86. The predicted molar refractivity (Wildman–Crippen MR) is 155 cm³/mol. The topological polar surface area (TPSA) is 150 Å². The van der Waals surface area contributed by atoms with Crippen molar-refractivity contribution in [2.45, 2.75) is 43.8 Å². The Morgan fingerprint density at radius 2 is 1.88 bits per heavy atom. The highest BCUT2D eigenvalue weighted by Crippen LogP contribution is 2.45. The lowest BCUT2D eigenvalue weighted by Crippen LogP contribution is -2.41. The maximum absolute atomic E-state index is 13.7. The molecule has 0 bridgehead atoms. The monoisotopic (exact) mass is 583 g/mol. The number of amides is 2. The number of nitrogens with two attached hydrogens (primary N) is 1. The minimum Gasteiger partial charge on any atom is -0.490 e. The Morgan fingerprint density at radius 1 is 1.16 bits per heavy atom. The van der Waals surface area contributed by atoms with Gasteiger partial charge in [-0.05, 0) is 81.3 Å². The van der Waals surface area contributed by atoms with E-state index in [-0.39, 0.29) is 24.9 Å². The summed E-state index contributed by atoms with van der Waals surface area (Å²) in [6, 6.07) is 14.0. The molecule has 6 rings (SSSR count). The van der Waals surface area contributed by atoms with Gasteiger partial charge in [0.1, 0.15) is 40.6 Å². The van der Waals surface area contributed by atoms with Crippen molar-refractivity contribution in [1.29, 1.82) is 0 Å². The number of carbonyl (C=O) groups is 2. The number of pyridine rings is 1. The summed E-state index contributed by atoms with van der Waals surface area (Å²) >= 11 is 0. The number of primary amides is 1. The first-order valence-corrected chi connectivity index (χ1v) is 13.9. The second-order valence-electron chi connectivity index (χ2n) is 11.3. The number of aromatic nitrogens is 3. The van der Waals surface area contributed by atoms with E-state index in [1.165, 1.54) is 31.2 Å². The van der Waals surface area contributed by atoms with Gasteiger partial charge >= 0.3 is 0 Å². The molecule has 2 aromatic carbocycles. The van der Waals surface area contributed by atoms with E-state index in [2.05, 4.69) is 20.3 Å². The van der Waals surface area contributed by atoms with Crippen molar-refractivity contribution in [3.8, 4) is 34.1 Å². The Balaban J connectivity index is 1.29. The van der Waals surface area contributed by atoms with Crippen LogP contribution in [0.1, 0.15) is 48.3 Å². The minimum absolute atomic E-state index is 0.00878. The van der Waals surface area contributed by atoms with Crippen molar-refractivity contribution >= 4 is 11.8 Å².